The van der Waals surface area contributed by atoms with Gasteiger partial charge in [0.2, 0.25) is 0 Å². The summed E-state index contributed by atoms with van der Waals surface area (Å²) in [6.07, 6.45) is 3.52. The molecular weight excluding hydrogens is 242 g/mol. The minimum atomic E-state index is -0.626. The van der Waals surface area contributed by atoms with Crippen molar-refractivity contribution >= 4 is 12.0 Å². The van der Waals surface area contributed by atoms with Gasteiger partial charge in [0.05, 0.1) is 14.2 Å². The molecule has 0 radical (unpaired) electrons. The molecule has 0 spiro atoms. The van der Waals surface area contributed by atoms with Crippen LogP contribution in [-0.2, 0) is 9.53 Å². The number of nitriles is 1. The third-order valence-electron chi connectivity index (χ3n) is 2.54. The zero-order chi connectivity index (χ0) is 14.3. The van der Waals surface area contributed by atoms with E-state index in [4.69, 9.17) is 10.00 Å². The zero-order valence-corrected chi connectivity index (χ0v) is 11.1. The van der Waals surface area contributed by atoms with Crippen LogP contribution in [0.15, 0.2) is 41.5 Å². The smallest absolute Gasteiger partial charge is 0.348 e. The molecule has 0 unspecified atom stereocenters. The van der Waals surface area contributed by atoms with Gasteiger partial charge in [-0.2, -0.15) is 5.26 Å². The summed E-state index contributed by atoms with van der Waals surface area (Å²) in [5, 5.41) is 8.90. The number of esters is 1. The molecule has 0 aliphatic rings. The Balaban J connectivity index is 2.93. The van der Waals surface area contributed by atoms with Crippen LogP contribution in [0.1, 0.15) is 12.5 Å². The Labute approximate surface area is 112 Å². The molecule has 0 amide bonds. The molecular formula is C15H15NO3. The van der Waals surface area contributed by atoms with Gasteiger partial charge in [0.1, 0.15) is 17.4 Å². The van der Waals surface area contributed by atoms with Crippen LogP contribution in [0.2, 0.25) is 0 Å². The van der Waals surface area contributed by atoms with E-state index in [9.17, 15) is 4.79 Å². The number of carbonyl (C=O) groups excluding carboxylic acids is 1. The molecule has 0 heterocycles. The first-order chi connectivity index (χ1) is 9.12. The van der Waals surface area contributed by atoms with Crippen molar-refractivity contribution < 1.29 is 14.3 Å². The summed E-state index contributed by atoms with van der Waals surface area (Å²) in [5.41, 5.74) is 1.51. The number of methoxy groups -OCH3 is 2. The highest BCUT2D eigenvalue weighted by molar-refractivity contribution is 5.94. The molecule has 4 nitrogen and oxygen atoms in total. The van der Waals surface area contributed by atoms with Crippen LogP contribution in [0.25, 0.3) is 6.08 Å². The lowest BCUT2D eigenvalue weighted by atomic mass is 10.1. The number of carbonyl (C=O) groups is 1. The van der Waals surface area contributed by atoms with Gasteiger partial charge in [0.25, 0.3) is 0 Å². The molecule has 4 heteroatoms. The van der Waals surface area contributed by atoms with E-state index in [2.05, 4.69) is 4.74 Å². The maximum Gasteiger partial charge on any atom is 0.348 e. The lowest BCUT2D eigenvalue weighted by Gasteiger charge is -2.00. The molecule has 0 bridgehead atoms. The van der Waals surface area contributed by atoms with Crippen LogP contribution < -0.4 is 4.74 Å². The van der Waals surface area contributed by atoms with Crippen LogP contribution in [0, 0.1) is 11.3 Å². The van der Waals surface area contributed by atoms with Gasteiger partial charge in [-0.05, 0) is 30.2 Å². The van der Waals surface area contributed by atoms with E-state index in [0.717, 1.165) is 11.3 Å². The van der Waals surface area contributed by atoms with E-state index in [1.807, 2.05) is 36.4 Å². The first-order valence-corrected chi connectivity index (χ1v) is 5.63. The van der Waals surface area contributed by atoms with Crippen molar-refractivity contribution in [3.8, 4) is 11.8 Å². The molecule has 0 N–H and O–H groups in total. The molecule has 1 aromatic rings. The molecule has 1 rings (SSSR count). The molecule has 19 heavy (non-hydrogen) atoms. The Morgan fingerprint density at radius 2 is 1.89 bits per heavy atom. The molecule has 98 valence electrons. The van der Waals surface area contributed by atoms with Gasteiger partial charge in [-0.25, -0.2) is 4.79 Å². The molecule has 0 atom stereocenters. The summed E-state index contributed by atoms with van der Waals surface area (Å²) in [6, 6.07) is 9.28. The number of rotatable bonds is 4. The molecule has 1 aromatic carbocycles. The first-order valence-electron chi connectivity index (χ1n) is 5.63. The van der Waals surface area contributed by atoms with Gasteiger partial charge >= 0.3 is 5.97 Å². The highest BCUT2D eigenvalue weighted by atomic mass is 16.5. The topological polar surface area (TPSA) is 59.3 Å². The summed E-state index contributed by atoms with van der Waals surface area (Å²) in [4.78, 5) is 11.3. The average Bonchev–Trinajstić information content (AvgIpc) is 2.46. The van der Waals surface area contributed by atoms with E-state index >= 15 is 0 Å². The van der Waals surface area contributed by atoms with Gasteiger partial charge in [-0.3, -0.25) is 0 Å². The van der Waals surface area contributed by atoms with Crippen molar-refractivity contribution in [2.75, 3.05) is 14.2 Å². The van der Waals surface area contributed by atoms with Gasteiger partial charge < -0.3 is 9.47 Å². The van der Waals surface area contributed by atoms with Crippen molar-refractivity contribution in [3.63, 3.8) is 0 Å². The maximum atomic E-state index is 11.3. The van der Waals surface area contributed by atoms with Crippen LogP contribution in [-0.4, -0.2) is 20.2 Å². The van der Waals surface area contributed by atoms with E-state index in [0.29, 0.717) is 5.57 Å². The van der Waals surface area contributed by atoms with E-state index in [1.165, 1.54) is 7.11 Å². The Kier molecular flexibility index (Phi) is 5.36. The zero-order valence-electron chi connectivity index (χ0n) is 11.1. The second-order valence-electron chi connectivity index (χ2n) is 3.77. The quantitative estimate of drug-likeness (QED) is 0.360. The van der Waals surface area contributed by atoms with Crippen LogP contribution in [0.4, 0.5) is 0 Å². The average molecular weight is 257 g/mol. The molecule has 0 aromatic heterocycles. The number of ether oxygens (including phenoxy) is 2. The van der Waals surface area contributed by atoms with E-state index < -0.39 is 5.97 Å². The highest BCUT2D eigenvalue weighted by Gasteiger charge is 2.10. The standard InChI is InChI=1S/C15H15NO3/c1-11(14(10-16)15(17)19-3)4-5-12-6-8-13(18-2)9-7-12/h4-9H,1-3H3/b5-4+,14-11-. The normalized spacial score (nSPS) is 11.7. The van der Waals surface area contributed by atoms with Crippen molar-refractivity contribution in [2.45, 2.75) is 6.92 Å². The maximum absolute atomic E-state index is 11.3. The number of allylic oxidation sites excluding steroid dienone is 2. The molecule has 0 aliphatic carbocycles. The molecule has 0 aliphatic heterocycles. The van der Waals surface area contributed by atoms with Crippen LogP contribution in [0.3, 0.4) is 0 Å². The van der Waals surface area contributed by atoms with E-state index in [1.54, 1.807) is 20.1 Å². The third-order valence-corrected chi connectivity index (χ3v) is 2.54. The van der Waals surface area contributed by atoms with Gasteiger partial charge in [-0.1, -0.05) is 24.3 Å². The Hall–Kier alpha value is -2.54. The third kappa shape index (κ3) is 4.00. The number of benzene rings is 1. The Bertz CT molecular complexity index is 548. The summed E-state index contributed by atoms with van der Waals surface area (Å²) >= 11 is 0. The second kappa shape index (κ2) is 7.02. The summed E-state index contributed by atoms with van der Waals surface area (Å²) in [6.45, 7) is 1.69. The van der Waals surface area contributed by atoms with Gasteiger partial charge in [-0.15, -0.1) is 0 Å². The van der Waals surface area contributed by atoms with E-state index in [-0.39, 0.29) is 5.57 Å². The minimum Gasteiger partial charge on any atom is -0.497 e. The number of hydrogen-bond donors (Lipinski definition) is 0. The molecule has 0 saturated heterocycles. The first kappa shape index (κ1) is 14.5. The second-order valence-corrected chi connectivity index (χ2v) is 3.77. The fraction of sp³-hybridized carbons (Fsp3) is 0.200. The van der Waals surface area contributed by atoms with Crippen LogP contribution in [0.5, 0.6) is 5.75 Å². The summed E-state index contributed by atoms with van der Waals surface area (Å²) < 4.78 is 9.60. The van der Waals surface area contributed by atoms with Gasteiger partial charge in [0.15, 0.2) is 0 Å². The largest absolute Gasteiger partial charge is 0.497 e. The Morgan fingerprint density at radius 3 is 2.37 bits per heavy atom. The van der Waals surface area contributed by atoms with Crippen molar-refractivity contribution in [3.05, 3.63) is 47.1 Å². The van der Waals surface area contributed by atoms with Crippen molar-refractivity contribution in [2.24, 2.45) is 0 Å². The summed E-state index contributed by atoms with van der Waals surface area (Å²) in [5.74, 6) is 0.149. The fourth-order valence-corrected chi connectivity index (χ4v) is 1.42. The number of hydrogen-bond acceptors (Lipinski definition) is 4. The van der Waals surface area contributed by atoms with Crippen molar-refractivity contribution in [1.82, 2.24) is 0 Å². The lowest BCUT2D eigenvalue weighted by molar-refractivity contribution is -0.135. The van der Waals surface area contributed by atoms with Crippen LogP contribution >= 0.6 is 0 Å². The van der Waals surface area contributed by atoms with Gasteiger partial charge in [0, 0.05) is 0 Å². The predicted molar refractivity (Wildman–Crippen MR) is 72.4 cm³/mol. The predicted octanol–water partition coefficient (Wildman–Crippen LogP) is 2.72. The minimum absolute atomic E-state index is 0.00672. The SMILES string of the molecule is COC(=O)/C(C#N)=C(C)\C=C\c1ccc(OC)cc1. The lowest BCUT2D eigenvalue weighted by Crippen LogP contribution is -2.04. The number of nitrogens with zero attached hydrogens (tertiary/aromatic N) is 1. The molecule has 0 saturated carbocycles. The van der Waals surface area contributed by atoms with Crippen molar-refractivity contribution in [1.29, 1.82) is 5.26 Å². The molecule has 0 fully saturated rings. The highest BCUT2D eigenvalue weighted by Crippen LogP contribution is 2.14. The fourth-order valence-electron chi connectivity index (χ4n) is 1.42. The monoisotopic (exact) mass is 257 g/mol. The Morgan fingerprint density at radius 1 is 1.26 bits per heavy atom. The summed E-state index contributed by atoms with van der Waals surface area (Å²) in [7, 11) is 2.85.